The second kappa shape index (κ2) is 4.85. The molecule has 1 saturated carbocycles. The van der Waals surface area contributed by atoms with Crippen LogP contribution in [0.1, 0.15) is 51.4 Å². The maximum atomic E-state index is 12.0. The molecule has 4 heteroatoms. The van der Waals surface area contributed by atoms with Crippen molar-refractivity contribution in [1.29, 1.82) is 0 Å². The third-order valence-corrected chi connectivity index (χ3v) is 3.68. The fourth-order valence-corrected chi connectivity index (χ4v) is 2.74. The van der Waals surface area contributed by atoms with E-state index in [1.807, 2.05) is 0 Å². The predicted molar refractivity (Wildman–Crippen MR) is 60.8 cm³/mol. The monoisotopic (exact) mass is 224 g/mol. The second-order valence-electron chi connectivity index (χ2n) is 4.93. The molecule has 2 fully saturated rings. The first-order valence-electron chi connectivity index (χ1n) is 6.32. The number of amides is 2. The molecule has 0 unspecified atom stereocenters. The summed E-state index contributed by atoms with van der Waals surface area (Å²) in [5, 5.41) is 5.64. The highest BCUT2D eigenvalue weighted by molar-refractivity contribution is 5.97. The average molecular weight is 224 g/mol. The van der Waals surface area contributed by atoms with E-state index in [0.717, 1.165) is 25.7 Å². The zero-order valence-electron chi connectivity index (χ0n) is 9.68. The van der Waals surface area contributed by atoms with Crippen molar-refractivity contribution < 1.29 is 9.59 Å². The summed E-state index contributed by atoms with van der Waals surface area (Å²) in [5.41, 5.74) is -0.598. The van der Waals surface area contributed by atoms with Crippen molar-refractivity contribution in [1.82, 2.24) is 10.6 Å². The van der Waals surface area contributed by atoms with E-state index < -0.39 is 5.54 Å². The molecule has 0 bridgehead atoms. The van der Waals surface area contributed by atoms with Crippen LogP contribution in [0, 0.1) is 0 Å². The van der Waals surface area contributed by atoms with Crippen LogP contribution in [-0.4, -0.2) is 23.9 Å². The lowest BCUT2D eigenvalue weighted by atomic mass is 9.85. The second-order valence-corrected chi connectivity index (χ2v) is 4.93. The van der Waals surface area contributed by atoms with Gasteiger partial charge >= 0.3 is 0 Å². The van der Waals surface area contributed by atoms with Gasteiger partial charge in [-0.25, -0.2) is 0 Å². The number of rotatable bonds is 0. The molecule has 1 heterocycles. The summed E-state index contributed by atoms with van der Waals surface area (Å²) in [6.45, 7) is 0.139. The van der Waals surface area contributed by atoms with Crippen molar-refractivity contribution in [3.8, 4) is 0 Å². The summed E-state index contributed by atoms with van der Waals surface area (Å²) in [7, 11) is 0. The zero-order chi connectivity index (χ0) is 11.4. The standard InChI is InChI=1S/C12H20N2O2/c15-10-9-13-11(16)12(14-10)7-5-3-1-2-4-6-8-12/h1-9H2,(H,13,16)(H,14,15). The molecule has 2 amide bonds. The van der Waals surface area contributed by atoms with Crippen LogP contribution in [0.2, 0.25) is 0 Å². The predicted octanol–water partition coefficient (Wildman–Crippen LogP) is 1.11. The van der Waals surface area contributed by atoms with E-state index in [1.165, 1.54) is 25.7 Å². The molecule has 1 aliphatic heterocycles. The van der Waals surface area contributed by atoms with Crippen molar-refractivity contribution in [2.45, 2.75) is 56.9 Å². The molecular weight excluding hydrogens is 204 g/mol. The normalized spacial score (nSPS) is 26.2. The largest absolute Gasteiger partial charge is 0.345 e. The fraction of sp³-hybridized carbons (Fsp3) is 0.833. The average Bonchev–Trinajstić information content (AvgIpc) is 2.37. The smallest absolute Gasteiger partial charge is 0.246 e. The fourth-order valence-electron chi connectivity index (χ4n) is 2.74. The van der Waals surface area contributed by atoms with Crippen molar-refractivity contribution in [3.63, 3.8) is 0 Å². The van der Waals surface area contributed by atoms with E-state index in [-0.39, 0.29) is 18.4 Å². The highest BCUT2D eigenvalue weighted by Crippen LogP contribution is 2.27. The Morgan fingerprint density at radius 2 is 1.44 bits per heavy atom. The third-order valence-electron chi connectivity index (χ3n) is 3.68. The highest BCUT2D eigenvalue weighted by Gasteiger charge is 2.41. The van der Waals surface area contributed by atoms with Crippen molar-refractivity contribution in [2.75, 3.05) is 6.54 Å². The first kappa shape index (κ1) is 11.4. The van der Waals surface area contributed by atoms with Gasteiger partial charge in [-0.1, -0.05) is 38.5 Å². The van der Waals surface area contributed by atoms with E-state index >= 15 is 0 Å². The summed E-state index contributed by atoms with van der Waals surface area (Å²) >= 11 is 0. The van der Waals surface area contributed by atoms with E-state index in [1.54, 1.807) is 0 Å². The SMILES string of the molecule is O=C1CNC(=O)C2(CCCCCCCC2)N1. The first-order chi connectivity index (χ1) is 7.73. The van der Waals surface area contributed by atoms with Crippen molar-refractivity contribution in [3.05, 3.63) is 0 Å². The van der Waals surface area contributed by atoms with Gasteiger partial charge in [0.05, 0.1) is 6.54 Å². The Hall–Kier alpha value is -1.06. The van der Waals surface area contributed by atoms with Crippen molar-refractivity contribution in [2.24, 2.45) is 0 Å². The quantitative estimate of drug-likeness (QED) is 0.647. The van der Waals surface area contributed by atoms with Gasteiger partial charge in [-0.05, 0) is 12.8 Å². The maximum Gasteiger partial charge on any atom is 0.246 e. The Bertz CT molecular complexity index is 279. The van der Waals surface area contributed by atoms with E-state index in [4.69, 9.17) is 0 Å². The van der Waals surface area contributed by atoms with Gasteiger partial charge in [-0.2, -0.15) is 0 Å². The summed E-state index contributed by atoms with van der Waals surface area (Å²) in [6, 6.07) is 0. The molecule has 0 aromatic carbocycles. The van der Waals surface area contributed by atoms with Crippen LogP contribution in [0.25, 0.3) is 0 Å². The van der Waals surface area contributed by atoms with Crippen LogP contribution in [0.3, 0.4) is 0 Å². The van der Waals surface area contributed by atoms with E-state index in [0.29, 0.717) is 0 Å². The topological polar surface area (TPSA) is 58.2 Å². The van der Waals surface area contributed by atoms with Crippen LogP contribution in [0.15, 0.2) is 0 Å². The summed E-state index contributed by atoms with van der Waals surface area (Å²) in [6.07, 6.45) is 8.52. The van der Waals surface area contributed by atoms with Gasteiger partial charge in [0, 0.05) is 0 Å². The molecule has 0 aromatic rings. The molecule has 0 radical (unpaired) electrons. The molecule has 0 aromatic heterocycles. The Kier molecular flexibility index (Phi) is 3.46. The lowest BCUT2D eigenvalue weighted by molar-refractivity contribution is -0.139. The lowest BCUT2D eigenvalue weighted by Crippen LogP contribution is -2.65. The van der Waals surface area contributed by atoms with Crippen LogP contribution in [-0.2, 0) is 9.59 Å². The molecule has 2 rings (SSSR count). The Morgan fingerprint density at radius 1 is 0.875 bits per heavy atom. The number of carbonyl (C=O) groups excluding carboxylic acids is 2. The molecule has 1 aliphatic carbocycles. The molecule has 16 heavy (non-hydrogen) atoms. The van der Waals surface area contributed by atoms with Gasteiger partial charge in [-0.3, -0.25) is 9.59 Å². The molecule has 4 nitrogen and oxygen atoms in total. The molecule has 90 valence electrons. The molecule has 2 N–H and O–H groups in total. The minimum absolute atomic E-state index is 0.0222. The van der Waals surface area contributed by atoms with Gasteiger partial charge < -0.3 is 10.6 Å². The minimum Gasteiger partial charge on any atom is -0.345 e. The molecular formula is C12H20N2O2. The third kappa shape index (κ3) is 2.36. The first-order valence-corrected chi connectivity index (χ1v) is 6.32. The molecule has 1 saturated heterocycles. The van der Waals surface area contributed by atoms with Gasteiger partial charge in [0.1, 0.15) is 5.54 Å². The van der Waals surface area contributed by atoms with Crippen LogP contribution < -0.4 is 10.6 Å². The lowest BCUT2D eigenvalue weighted by Gasteiger charge is -2.36. The molecule has 1 spiro atoms. The molecule has 0 atom stereocenters. The van der Waals surface area contributed by atoms with Crippen LogP contribution in [0.4, 0.5) is 0 Å². The molecule has 2 aliphatic rings. The van der Waals surface area contributed by atoms with Gasteiger partial charge in [0.2, 0.25) is 11.8 Å². The summed E-state index contributed by atoms with van der Waals surface area (Å²) in [5.74, 6) is -0.0205. The summed E-state index contributed by atoms with van der Waals surface area (Å²) < 4.78 is 0. The zero-order valence-corrected chi connectivity index (χ0v) is 9.68. The number of nitrogens with one attached hydrogen (secondary N) is 2. The number of hydrogen-bond donors (Lipinski definition) is 2. The Balaban J connectivity index is 2.10. The van der Waals surface area contributed by atoms with Crippen LogP contribution in [0.5, 0.6) is 0 Å². The van der Waals surface area contributed by atoms with Gasteiger partial charge in [0.25, 0.3) is 0 Å². The minimum atomic E-state index is -0.598. The number of hydrogen-bond acceptors (Lipinski definition) is 2. The van der Waals surface area contributed by atoms with Gasteiger partial charge in [0.15, 0.2) is 0 Å². The van der Waals surface area contributed by atoms with Crippen molar-refractivity contribution >= 4 is 11.8 Å². The Labute approximate surface area is 96.2 Å². The van der Waals surface area contributed by atoms with E-state index in [9.17, 15) is 9.59 Å². The van der Waals surface area contributed by atoms with Gasteiger partial charge in [-0.15, -0.1) is 0 Å². The number of piperazine rings is 1. The van der Waals surface area contributed by atoms with Crippen LogP contribution >= 0.6 is 0 Å². The van der Waals surface area contributed by atoms with E-state index in [2.05, 4.69) is 10.6 Å². The maximum absolute atomic E-state index is 12.0. The Morgan fingerprint density at radius 3 is 2.06 bits per heavy atom. The summed E-state index contributed by atoms with van der Waals surface area (Å²) in [4.78, 5) is 23.4. The highest BCUT2D eigenvalue weighted by atomic mass is 16.2. The number of carbonyl (C=O) groups is 2.